The number of hydrogen-bond acceptors (Lipinski definition) is 4. The zero-order valence-electron chi connectivity index (χ0n) is 19.3. The van der Waals surface area contributed by atoms with Gasteiger partial charge < -0.3 is 15.5 Å². The molecule has 0 bridgehead atoms. The highest BCUT2D eigenvalue weighted by molar-refractivity contribution is 7.81. The third kappa shape index (κ3) is 5.98. The maximum absolute atomic E-state index is 13.0. The van der Waals surface area contributed by atoms with Crippen molar-refractivity contribution < 1.29 is 27.6 Å². The molecule has 1 aromatic carbocycles. The van der Waals surface area contributed by atoms with Crippen LogP contribution in [0.25, 0.3) is 0 Å². The van der Waals surface area contributed by atoms with E-state index >= 15 is 0 Å². The number of halogens is 4. The molecule has 0 radical (unpaired) electrons. The quantitative estimate of drug-likeness (QED) is 0.505. The van der Waals surface area contributed by atoms with Gasteiger partial charge in [-0.2, -0.15) is 13.2 Å². The predicted octanol–water partition coefficient (Wildman–Crippen LogP) is 4.89. The Morgan fingerprint density at radius 3 is 2.53 bits per heavy atom. The lowest BCUT2D eigenvalue weighted by Crippen LogP contribution is -2.40. The van der Waals surface area contributed by atoms with Gasteiger partial charge in [-0.25, -0.2) is 0 Å². The molecule has 2 aliphatic carbocycles. The summed E-state index contributed by atoms with van der Waals surface area (Å²) in [6.45, 7) is 0.887. The fourth-order valence-electron chi connectivity index (χ4n) is 4.88. The van der Waals surface area contributed by atoms with E-state index in [1.54, 1.807) is 29.2 Å². The van der Waals surface area contributed by atoms with Gasteiger partial charge in [-0.05, 0) is 55.7 Å². The summed E-state index contributed by atoms with van der Waals surface area (Å²) in [5, 5.41) is 5.29. The molecule has 4 rings (SSSR count). The van der Waals surface area contributed by atoms with Gasteiger partial charge in [-0.1, -0.05) is 36.0 Å². The van der Waals surface area contributed by atoms with Gasteiger partial charge in [0.2, 0.25) is 0 Å². The molecule has 2 N–H and O–H groups in total. The maximum atomic E-state index is 13.0. The van der Waals surface area contributed by atoms with Crippen molar-refractivity contribution in [1.82, 2.24) is 10.2 Å². The lowest BCUT2D eigenvalue weighted by Gasteiger charge is -2.31. The molecular weight excluding hydrogens is 515 g/mol. The molecule has 1 aromatic rings. The number of carbonyl (C=O) groups excluding carboxylic acids is 3. The predicted molar refractivity (Wildman–Crippen MR) is 134 cm³/mol. The highest BCUT2D eigenvalue weighted by Gasteiger charge is 2.39. The van der Waals surface area contributed by atoms with Gasteiger partial charge in [0, 0.05) is 52.8 Å². The first kappa shape index (κ1) is 26.3. The minimum Gasteiger partial charge on any atom is -0.348 e. The van der Waals surface area contributed by atoms with E-state index in [4.69, 9.17) is 23.8 Å². The third-order valence-corrected chi connectivity index (χ3v) is 7.50. The minimum absolute atomic E-state index is 0.00306. The van der Waals surface area contributed by atoms with Crippen LogP contribution >= 0.6 is 23.8 Å². The summed E-state index contributed by atoms with van der Waals surface area (Å²) in [5.74, 6) is -2.19. The van der Waals surface area contributed by atoms with E-state index in [-0.39, 0.29) is 30.2 Å². The molecule has 0 spiro atoms. The van der Waals surface area contributed by atoms with Crippen LogP contribution in [-0.2, 0) is 16.1 Å². The number of nitrogens with zero attached hydrogens (tertiary/aromatic N) is 1. The van der Waals surface area contributed by atoms with Crippen molar-refractivity contribution in [2.24, 2.45) is 11.8 Å². The summed E-state index contributed by atoms with van der Waals surface area (Å²) < 4.78 is 37.1. The molecule has 3 amide bonds. The van der Waals surface area contributed by atoms with Crippen LogP contribution in [0, 0.1) is 11.8 Å². The van der Waals surface area contributed by atoms with Crippen LogP contribution in [0.2, 0.25) is 0 Å². The van der Waals surface area contributed by atoms with Crippen molar-refractivity contribution in [2.75, 3.05) is 18.4 Å². The normalized spacial score (nSPS) is 22.1. The maximum Gasteiger partial charge on any atom is 0.471 e. The lowest BCUT2D eigenvalue weighted by atomic mass is 9.81. The van der Waals surface area contributed by atoms with Gasteiger partial charge in [0.1, 0.15) is 0 Å². The van der Waals surface area contributed by atoms with E-state index in [2.05, 4.69) is 5.32 Å². The molecular formula is C25H25ClF3N3O3S. The number of allylic oxidation sites excluding steroid dienone is 3. The Kier molecular flexibility index (Phi) is 7.85. The van der Waals surface area contributed by atoms with Crippen LogP contribution in [0.4, 0.5) is 18.9 Å². The van der Waals surface area contributed by atoms with Crippen LogP contribution in [0.1, 0.15) is 48.0 Å². The number of amides is 3. The Labute approximate surface area is 216 Å². The second-order valence-electron chi connectivity index (χ2n) is 9.34. The van der Waals surface area contributed by atoms with Gasteiger partial charge in [0.25, 0.3) is 11.8 Å². The average molecular weight is 540 g/mol. The molecule has 36 heavy (non-hydrogen) atoms. The van der Waals surface area contributed by atoms with Gasteiger partial charge in [-0.3, -0.25) is 14.4 Å². The van der Waals surface area contributed by atoms with Crippen molar-refractivity contribution in [3.8, 4) is 0 Å². The number of carbonyl (C=O) groups is 3. The molecule has 3 aliphatic rings. The zero-order valence-corrected chi connectivity index (χ0v) is 20.9. The first-order valence-corrected chi connectivity index (χ1v) is 12.5. The summed E-state index contributed by atoms with van der Waals surface area (Å²) in [5.41, 5.74) is 2.16. The molecule has 0 atom stereocenters. The van der Waals surface area contributed by atoms with Gasteiger partial charge in [0.15, 0.2) is 0 Å². The van der Waals surface area contributed by atoms with E-state index in [1.807, 2.05) is 5.32 Å². The second-order valence-corrected chi connectivity index (χ2v) is 10.3. The fourth-order valence-corrected chi connectivity index (χ4v) is 5.30. The summed E-state index contributed by atoms with van der Waals surface area (Å²) in [4.78, 5) is 39.2. The molecule has 6 nitrogen and oxygen atoms in total. The van der Waals surface area contributed by atoms with Crippen LogP contribution in [-0.4, -0.2) is 46.8 Å². The monoisotopic (exact) mass is 539 g/mol. The number of fused-ring (bicyclic) bond motifs is 1. The Hall–Kier alpha value is -2.72. The molecule has 11 heteroatoms. The smallest absolute Gasteiger partial charge is 0.348 e. The van der Waals surface area contributed by atoms with Crippen molar-refractivity contribution >= 4 is 52.1 Å². The third-order valence-electron chi connectivity index (χ3n) is 6.85. The van der Waals surface area contributed by atoms with Gasteiger partial charge in [-0.15, -0.1) is 0 Å². The summed E-state index contributed by atoms with van der Waals surface area (Å²) >= 11 is 11.3. The number of hydrogen-bond donors (Lipinski definition) is 2. The molecule has 0 aromatic heterocycles. The number of thiocarbonyl (C=S) groups is 1. The number of nitrogens with one attached hydrogen (secondary N) is 2. The number of rotatable bonds is 6. The molecule has 1 heterocycles. The largest absolute Gasteiger partial charge is 0.471 e. The summed E-state index contributed by atoms with van der Waals surface area (Å²) in [7, 11) is 0. The van der Waals surface area contributed by atoms with E-state index in [1.165, 1.54) is 6.08 Å². The molecule has 1 aliphatic heterocycles. The Morgan fingerprint density at radius 2 is 1.83 bits per heavy atom. The van der Waals surface area contributed by atoms with Crippen molar-refractivity contribution in [3.05, 3.63) is 52.1 Å². The van der Waals surface area contributed by atoms with E-state index in [9.17, 15) is 27.6 Å². The van der Waals surface area contributed by atoms with Crippen LogP contribution in [0.5, 0.6) is 0 Å². The number of alkyl halides is 3. The number of benzene rings is 1. The highest BCUT2D eigenvalue weighted by Crippen LogP contribution is 2.34. The topological polar surface area (TPSA) is 78.5 Å². The summed E-state index contributed by atoms with van der Waals surface area (Å²) in [6.07, 6.45) is 1.72. The van der Waals surface area contributed by atoms with Crippen LogP contribution in [0.3, 0.4) is 0 Å². The molecule has 1 saturated carbocycles. The first-order chi connectivity index (χ1) is 17.0. The van der Waals surface area contributed by atoms with Crippen LogP contribution < -0.4 is 10.6 Å². The van der Waals surface area contributed by atoms with Crippen molar-refractivity contribution in [1.29, 1.82) is 0 Å². The van der Waals surface area contributed by atoms with Gasteiger partial charge >= 0.3 is 12.1 Å². The number of anilines is 1. The van der Waals surface area contributed by atoms with Crippen molar-refractivity contribution in [3.63, 3.8) is 0 Å². The average Bonchev–Trinajstić information content (AvgIpc) is 3.15. The summed E-state index contributed by atoms with van der Waals surface area (Å²) in [6, 6.07) is 5.20. The van der Waals surface area contributed by atoms with Crippen LogP contribution in [0.15, 0.2) is 41.0 Å². The molecule has 192 valence electrons. The lowest BCUT2D eigenvalue weighted by molar-refractivity contribution is -0.173. The second kappa shape index (κ2) is 10.7. The standard InChI is InChI=1S/C25H25ClF3N3O3S/c26-16-8-9-21(36)18(10-16)22(33)31-20-3-1-2-17-19(20)13-32(23(17)34)12-15-6-4-14(5-7-15)11-30-24(35)25(27,28)29/h1-3,8,10,14-15H,4-7,9,11-13H2,(H,30,35)(H,31,33). The van der Waals surface area contributed by atoms with E-state index in [0.717, 1.165) is 18.4 Å². The highest BCUT2D eigenvalue weighted by atomic mass is 35.5. The Bertz CT molecular complexity index is 1160. The molecule has 0 unspecified atom stereocenters. The molecule has 0 saturated heterocycles. The SMILES string of the molecule is O=C(Nc1cccc2c1CN(CC1CCC(CNC(=O)C(F)(F)F)CC1)C2=O)C1=CC(Cl)=CCC1=S. The van der Waals surface area contributed by atoms with E-state index in [0.29, 0.717) is 59.1 Å². The first-order valence-electron chi connectivity index (χ1n) is 11.7. The van der Waals surface area contributed by atoms with Gasteiger partial charge in [0.05, 0.1) is 5.57 Å². The van der Waals surface area contributed by atoms with E-state index < -0.39 is 12.1 Å². The minimum atomic E-state index is -4.87. The fraction of sp³-hybridized carbons (Fsp3) is 0.440. The molecule has 1 fully saturated rings. The van der Waals surface area contributed by atoms with Crippen molar-refractivity contribution in [2.45, 2.75) is 44.8 Å². The Balaban J connectivity index is 1.33. The zero-order chi connectivity index (χ0) is 26.0. The Morgan fingerprint density at radius 1 is 1.14 bits per heavy atom.